The molecule has 0 aliphatic rings. The molecule has 0 spiro atoms. The second-order valence-corrected chi connectivity index (χ2v) is 9.45. The summed E-state index contributed by atoms with van der Waals surface area (Å²) in [6, 6.07) is 4.93. The molecule has 13 heteroatoms. The van der Waals surface area contributed by atoms with Gasteiger partial charge >= 0.3 is 6.03 Å². The second-order valence-electron chi connectivity index (χ2n) is 9.45. The Kier molecular flexibility index (Phi) is 26.2. The van der Waals surface area contributed by atoms with Crippen molar-refractivity contribution in [3.63, 3.8) is 0 Å². The average Bonchev–Trinajstić information content (AvgIpc) is 3.01. The zero-order valence-electron chi connectivity index (χ0n) is 26.8. The molecule has 0 aliphatic heterocycles. The molecule has 0 radical (unpaired) electrons. The van der Waals surface area contributed by atoms with Crippen molar-refractivity contribution in [2.75, 3.05) is 32.0 Å². The molecule has 13 nitrogen and oxygen atoms in total. The molecule has 44 heavy (non-hydrogen) atoms. The van der Waals surface area contributed by atoms with Gasteiger partial charge in [-0.15, -0.1) is 0 Å². The number of nitrogens with one attached hydrogen (secondary N) is 4. The number of aliphatic hydroxyl groups excluding tert-OH is 1. The zero-order valence-corrected chi connectivity index (χ0v) is 26.8. The first-order chi connectivity index (χ1) is 21.1. The molecule has 7 N–H and O–H groups in total. The maximum Gasteiger partial charge on any atom is 0.312 e. The van der Waals surface area contributed by atoms with Crippen molar-refractivity contribution in [2.24, 2.45) is 5.73 Å². The van der Waals surface area contributed by atoms with E-state index in [0.717, 1.165) is 6.08 Å². The number of nitrogens with two attached hydrogens (primary N) is 1. The van der Waals surface area contributed by atoms with Crippen molar-refractivity contribution >= 4 is 41.6 Å². The molecule has 0 saturated carbocycles. The van der Waals surface area contributed by atoms with E-state index in [-0.39, 0.29) is 44.4 Å². The summed E-state index contributed by atoms with van der Waals surface area (Å²) >= 11 is 0. The van der Waals surface area contributed by atoms with Gasteiger partial charge in [0.1, 0.15) is 12.3 Å². The van der Waals surface area contributed by atoms with E-state index in [4.69, 9.17) is 10.8 Å². The predicted octanol–water partition coefficient (Wildman–Crippen LogP) is 2.38. The number of rotatable bonds is 18. The third-order valence-electron chi connectivity index (χ3n) is 5.56. The predicted molar refractivity (Wildman–Crippen MR) is 171 cm³/mol. The van der Waals surface area contributed by atoms with E-state index >= 15 is 0 Å². The van der Waals surface area contributed by atoms with Crippen LogP contribution in [0.2, 0.25) is 0 Å². The molecule has 1 atom stereocenters. The Morgan fingerprint density at radius 3 is 2.16 bits per heavy atom. The Labute approximate surface area is 261 Å². The highest BCUT2D eigenvalue weighted by molar-refractivity contribution is 5.97. The number of anilines is 1. The van der Waals surface area contributed by atoms with Crippen molar-refractivity contribution in [3.05, 3.63) is 42.0 Å². The van der Waals surface area contributed by atoms with E-state index in [1.807, 2.05) is 13.8 Å². The van der Waals surface area contributed by atoms with Gasteiger partial charge in [-0.1, -0.05) is 52.7 Å². The molecule has 6 amide bonds. The minimum atomic E-state index is -0.928. The zero-order chi connectivity index (χ0) is 33.8. The largest absolute Gasteiger partial charge is 0.392 e. The summed E-state index contributed by atoms with van der Waals surface area (Å²) in [4.78, 5) is 71.7. The van der Waals surface area contributed by atoms with Gasteiger partial charge in [-0.2, -0.15) is 0 Å². The Balaban J connectivity index is 0. The molecule has 0 aromatic heterocycles. The molecule has 1 rings (SSSR count). The number of primary amides is 1. The van der Waals surface area contributed by atoms with Gasteiger partial charge in [0.05, 0.1) is 13.2 Å². The van der Waals surface area contributed by atoms with E-state index in [2.05, 4.69) is 35.1 Å². The number of carbonyl (C=O) groups excluding carboxylic acids is 6. The Hall–Kier alpha value is -4.26. The van der Waals surface area contributed by atoms with Crippen molar-refractivity contribution in [2.45, 2.75) is 85.3 Å². The van der Waals surface area contributed by atoms with Crippen molar-refractivity contribution in [1.29, 1.82) is 0 Å². The first kappa shape index (κ1) is 41.9. The van der Waals surface area contributed by atoms with Crippen LogP contribution in [0.3, 0.4) is 0 Å². The number of urea groups is 1. The number of allylic oxidation sites excluding steroid dienone is 1. The topological polar surface area (TPSA) is 200 Å². The molecule has 0 heterocycles. The lowest BCUT2D eigenvalue weighted by atomic mass is 10.1. The van der Waals surface area contributed by atoms with Crippen LogP contribution >= 0.6 is 0 Å². The van der Waals surface area contributed by atoms with Crippen LogP contribution in [0, 0.1) is 0 Å². The molecular formula is C31H52N6O7. The summed E-state index contributed by atoms with van der Waals surface area (Å²) in [5.74, 6) is -1.62. The standard InChI is InChI=1S/C26H38N6O7.C3H8.C2H6/c1-32(24(37)9-6-16-33)15-4-2-3-8-22(35)29-17-23(36)31-21(7-5-14-28-26(27)39)25(38)30-20-12-10-19(18-34)11-13-20;1-3-2;1-2/h6,9-13,16,21,34H,2-5,7-8,14-15,17-18H2,1H3,(H,29,35)(H,30,38)(H,31,36)(H3,27,28,39);3H2,1-2H3;1-2H3/b9-6-;;. The number of likely N-dealkylation sites (N-methyl/N-ethyl adjacent to an activating group) is 1. The average molecular weight is 621 g/mol. The minimum absolute atomic E-state index is 0.134. The molecule has 1 aromatic carbocycles. The maximum atomic E-state index is 12.8. The van der Waals surface area contributed by atoms with E-state index in [1.54, 1.807) is 31.3 Å². The highest BCUT2D eigenvalue weighted by Gasteiger charge is 2.21. The Morgan fingerprint density at radius 2 is 1.59 bits per heavy atom. The van der Waals surface area contributed by atoms with Crippen molar-refractivity contribution < 1.29 is 33.9 Å². The molecule has 248 valence electrons. The summed E-state index contributed by atoms with van der Waals surface area (Å²) in [5, 5.41) is 19.4. The fraction of sp³-hybridized carbons (Fsp3) is 0.548. The van der Waals surface area contributed by atoms with Crippen LogP contribution in [0.1, 0.15) is 78.2 Å². The van der Waals surface area contributed by atoms with Gasteiger partial charge in [-0.05, 0) is 49.5 Å². The molecule has 0 fully saturated rings. The van der Waals surface area contributed by atoms with Gasteiger partial charge in [0.15, 0.2) is 0 Å². The smallest absolute Gasteiger partial charge is 0.312 e. The number of hydrogen-bond donors (Lipinski definition) is 6. The van der Waals surface area contributed by atoms with Gasteiger partial charge in [-0.3, -0.25) is 24.0 Å². The number of carbonyl (C=O) groups is 6. The van der Waals surface area contributed by atoms with E-state index in [1.165, 1.54) is 17.4 Å². The molecular weight excluding hydrogens is 568 g/mol. The normalized spacial score (nSPS) is 10.6. The van der Waals surface area contributed by atoms with Crippen molar-refractivity contribution in [3.8, 4) is 0 Å². The van der Waals surface area contributed by atoms with Crippen LogP contribution in [-0.4, -0.2) is 78.7 Å². The third kappa shape index (κ3) is 22.4. The quantitative estimate of drug-likeness (QED) is 0.0822. The lowest BCUT2D eigenvalue weighted by Crippen LogP contribution is -2.47. The van der Waals surface area contributed by atoms with Gasteiger partial charge in [0.2, 0.25) is 23.6 Å². The van der Waals surface area contributed by atoms with Gasteiger partial charge < -0.3 is 37.0 Å². The number of amides is 6. The van der Waals surface area contributed by atoms with Gasteiger partial charge in [0, 0.05) is 38.3 Å². The Bertz CT molecular complexity index is 1020. The summed E-state index contributed by atoms with van der Waals surface area (Å²) in [6.45, 7) is 8.51. The molecule has 0 bridgehead atoms. The number of aliphatic hydroxyl groups is 1. The summed E-state index contributed by atoms with van der Waals surface area (Å²) < 4.78 is 0. The SMILES string of the molecule is CC.CCC.CN(CCCCCC(=O)NCC(=O)NC(CCCNC(N)=O)C(=O)Nc1ccc(CO)cc1)C(=O)/C=C\C=O. The van der Waals surface area contributed by atoms with Crippen LogP contribution in [0.4, 0.5) is 10.5 Å². The molecule has 1 aromatic rings. The van der Waals surface area contributed by atoms with E-state index in [9.17, 15) is 28.8 Å². The third-order valence-corrected chi connectivity index (χ3v) is 5.56. The van der Waals surface area contributed by atoms with Crippen LogP contribution in [-0.2, 0) is 30.6 Å². The number of aldehydes is 1. The lowest BCUT2D eigenvalue weighted by Gasteiger charge is -2.19. The summed E-state index contributed by atoms with van der Waals surface area (Å²) in [6.07, 6.45) is 6.80. The fourth-order valence-electron chi connectivity index (χ4n) is 3.39. The summed E-state index contributed by atoms with van der Waals surface area (Å²) in [5.41, 5.74) is 6.21. The Morgan fingerprint density at radius 1 is 0.955 bits per heavy atom. The van der Waals surface area contributed by atoms with Crippen LogP contribution in [0.5, 0.6) is 0 Å². The first-order valence-corrected chi connectivity index (χ1v) is 15.0. The van der Waals surface area contributed by atoms with Gasteiger partial charge in [0.25, 0.3) is 0 Å². The van der Waals surface area contributed by atoms with Crippen LogP contribution in [0.15, 0.2) is 36.4 Å². The monoisotopic (exact) mass is 620 g/mol. The molecule has 0 saturated heterocycles. The second kappa shape index (κ2) is 27.6. The van der Waals surface area contributed by atoms with Crippen molar-refractivity contribution in [1.82, 2.24) is 20.9 Å². The fourth-order valence-corrected chi connectivity index (χ4v) is 3.39. The van der Waals surface area contributed by atoms with E-state index in [0.29, 0.717) is 49.8 Å². The first-order valence-electron chi connectivity index (χ1n) is 15.0. The van der Waals surface area contributed by atoms with Gasteiger partial charge in [-0.25, -0.2) is 4.79 Å². The lowest BCUT2D eigenvalue weighted by molar-refractivity contribution is -0.128. The highest BCUT2D eigenvalue weighted by Crippen LogP contribution is 2.11. The van der Waals surface area contributed by atoms with E-state index < -0.39 is 23.9 Å². The number of nitrogens with zero attached hydrogens (tertiary/aromatic N) is 1. The van der Waals surface area contributed by atoms with Crippen LogP contribution < -0.4 is 27.0 Å². The molecule has 1 unspecified atom stereocenters. The number of hydrogen-bond acceptors (Lipinski definition) is 7. The van der Waals surface area contributed by atoms with Crippen LogP contribution in [0.25, 0.3) is 0 Å². The summed E-state index contributed by atoms with van der Waals surface area (Å²) in [7, 11) is 1.62. The maximum absolute atomic E-state index is 12.8. The number of benzene rings is 1. The minimum Gasteiger partial charge on any atom is -0.392 e. The number of unbranched alkanes of at least 4 members (excludes halogenated alkanes) is 2. The molecule has 0 aliphatic carbocycles. The highest BCUT2D eigenvalue weighted by atomic mass is 16.3.